The standard InChI is InChI=1S/C27H36N4O2.2ClH/c1-19(2)25(29-26(32)24(28)22-11-7-4-8-12-22)27(33)31-16-14-21-13-15-30(18-23(21)31)17-20-9-5-3-6-10-20;;/h3-12,19,21,23-25H,13-18,28H2,1-2H3,(H,29,32);2*1H/t21?,23?,24-,25-;;/m0../s1. The van der Waals surface area contributed by atoms with Gasteiger partial charge in [0.2, 0.25) is 11.8 Å². The highest BCUT2D eigenvalue weighted by Gasteiger charge is 2.43. The zero-order chi connectivity index (χ0) is 23.4. The van der Waals surface area contributed by atoms with Crippen molar-refractivity contribution in [2.45, 2.75) is 51.4 Å². The monoisotopic (exact) mass is 520 g/mol. The summed E-state index contributed by atoms with van der Waals surface area (Å²) >= 11 is 0. The van der Waals surface area contributed by atoms with Gasteiger partial charge < -0.3 is 16.0 Å². The molecule has 4 rings (SSSR count). The highest BCUT2D eigenvalue weighted by Crippen LogP contribution is 2.33. The summed E-state index contributed by atoms with van der Waals surface area (Å²) < 4.78 is 0. The third-order valence-electron chi connectivity index (χ3n) is 7.15. The molecule has 192 valence electrons. The Morgan fingerprint density at radius 3 is 2.20 bits per heavy atom. The van der Waals surface area contributed by atoms with Crippen molar-refractivity contribution < 1.29 is 9.59 Å². The summed E-state index contributed by atoms with van der Waals surface area (Å²) in [7, 11) is 0. The van der Waals surface area contributed by atoms with Gasteiger partial charge in [0, 0.05) is 25.7 Å². The predicted molar refractivity (Wildman–Crippen MR) is 145 cm³/mol. The second-order valence-electron chi connectivity index (χ2n) is 9.78. The lowest BCUT2D eigenvalue weighted by atomic mass is 9.91. The predicted octanol–water partition coefficient (Wildman–Crippen LogP) is 3.79. The number of benzene rings is 2. The summed E-state index contributed by atoms with van der Waals surface area (Å²) in [5.74, 6) is 0.231. The number of carbonyl (C=O) groups excluding carboxylic acids is 2. The first kappa shape index (κ1) is 29.1. The van der Waals surface area contributed by atoms with Crippen LogP contribution in [-0.4, -0.2) is 53.3 Å². The van der Waals surface area contributed by atoms with Crippen LogP contribution in [0.2, 0.25) is 0 Å². The minimum absolute atomic E-state index is 0. The highest BCUT2D eigenvalue weighted by molar-refractivity contribution is 5.90. The average molecular weight is 522 g/mol. The molecule has 0 radical (unpaired) electrons. The molecule has 2 heterocycles. The van der Waals surface area contributed by atoms with Crippen LogP contribution in [-0.2, 0) is 16.1 Å². The summed E-state index contributed by atoms with van der Waals surface area (Å²) in [5.41, 5.74) is 8.24. The number of carbonyl (C=O) groups is 2. The van der Waals surface area contributed by atoms with E-state index in [1.54, 1.807) is 0 Å². The van der Waals surface area contributed by atoms with Crippen LogP contribution in [0.3, 0.4) is 0 Å². The van der Waals surface area contributed by atoms with Gasteiger partial charge >= 0.3 is 0 Å². The minimum Gasteiger partial charge on any atom is -0.342 e. The number of nitrogens with zero attached hydrogens (tertiary/aromatic N) is 2. The highest BCUT2D eigenvalue weighted by atomic mass is 35.5. The van der Waals surface area contributed by atoms with Gasteiger partial charge in [-0.15, -0.1) is 24.8 Å². The number of amides is 2. The van der Waals surface area contributed by atoms with E-state index in [-0.39, 0.29) is 48.6 Å². The Kier molecular flexibility index (Phi) is 11.0. The van der Waals surface area contributed by atoms with Crippen molar-refractivity contribution in [2.75, 3.05) is 19.6 Å². The molecule has 0 bridgehead atoms. The van der Waals surface area contributed by atoms with Gasteiger partial charge in [0.05, 0.1) is 0 Å². The van der Waals surface area contributed by atoms with Crippen molar-refractivity contribution in [2.24, 2.45) is 17.6 Å². The van der Waals surface area contributed by atoms with E-state index in [1.807, 2.05) is 55.1 Å². The van der Waals surface area contributed by atoms with Crippen LogP contribution < -0.4 is 11.1 Å². The van der Waals surface area contributed by atoms with Crippen molar-refractivity contribution in [1.29, 1.82) is 0 Å². The maximum atomic E-state index is 13.7. The molecule has 6 nitrogen and oxygen atoms in total. The van der Waals surface area contributed by atoms with E-state index >= 15 is 0 Å². The molecular formula is C27H38Cl2N4O2. The first-order valence-corrected chi connectivity index (χ1v) is 12.1. The van der Waals surface area contributed by atoms with E-state index in [2.05, 4.69) is 34.5 Å². The Hall–Kier alpha value is -2.12. The van der Waals surface area contributed by atoms with Crippen LogP contribution in [0.1, 0.15) is 43.9 Å². The molecule has 0 spiro atoms. The molecule has 2 aliphatic heterocycles. The van der Waals surface area contributed by atoms with Crippen molar-refractivity contribution in [3.8, 4) is 0 Å². The Bertz CT molecular complexity index is 945. The summed E-state index contributed by atoms with van der Waals surface area (Å²) in [6, 6.07) is 18.6. The summed E-state index contributed by atoms with van der Waals surface area (Å²) in [6.45, 7) is 7.57. The molecule has 2 amide bonds. The van der Waals surface area contributed by atoms with Crippen LogP contribution in [0.15, 0.2) is 60.7 Å². The van der Waals surface area contributed by atoms with Gasteiger partial charge in [0.1, 0.15) is 12.1 Å². The molecule has 8 heteroatoms. The molecule has 2 unspecified atom stereocenters. The lowest BCUT2D eigenvalue weighted by Gasteiger charge is -2.40. The first-order chi connectivity index (χ1) is 15.9. The molecule has 0 aromatic heterocycles. The summed E-state index contributed by atoms with van der Waals surface area (Å²) in [4.78, 5) is 31.0. The Morgan fingerprint density at radius 1 is 0.971 bits per heavy atom. The van der Waals surface area contributed by atoms with Crippen molar-refractivity contribution in [3.05, 3.63) is 71.8 Å². The zero-order valence-electron chi connectivity index (χ0n) is 20.5. The van der Waals surface area contributed by atoms with E-state index < -0.39 is 12.1 Å². The molecule has 0 aliphatic carbocycles. The van der Waals surface area contributed by atoms with Crippen LogP contribution in [0.5, 0.6) is 0 Å². The molecule has 2 saturated heterocycles. The maximum absolute atomic E-state index is 13.7. The smallest absolute Gasteiger partial charge is 0.245 e. The number of nitrogens with one attached hydrogen (secondary N) is 1. The van der Waals surface area contributed by atoms with Gasteiger partial charge in [0.15, 0.2) is 0 Å². The Morgan fingerprint density at radius 2 is 1.57 bits per heavy atom. The normalized spacial score (nSPS) is 21.3. The molecule has 2 aromatic rings. The van der Waals surface area contributed by atoms with Gasteiger partial charge in [0.25, 0.3) is 0 Å². The van der Waals surface area contributed by atoms with E-state index in [1.165, 1.54) is 5.56 Å². The lowest BCUT2D eigenvalue weighted by Crippen LogP contribution is -2.57. The van der Waals surface area contributed by atoms with Gasteiger partial charge in [-0.3, -0.25) is 14.5 Å². The molecule has 2 aliphatic rings. The van der Waals surface area contributed by atoms with Crippen LogP contribution >= 0.6 is 24.8 Å². The SMILES string of the molecule is CC(C)[C@H](NC(=O)[C@@H](N)c1ccccc1)C(=O)N1CCC2CCN(Cc3ccccc3)CC21.Cl.Cl. The molecule has 35 heavy (non-hydrogen) atoms. The minimum atomic E-state index is -0.789. The third-order valence-corrected chi connectivity index (χ3v) is 7.15. The summed E-state index contributed by atoms with van der Waals surface area (Å²) in [5, 5.41) is 2.97. The van der Waals surface area contributed by atoms with Crippen molar-refractivity contribution in [3.63, 3.8) is 0 Å². The first-order valence-electron chi connectivity index (χ1n) is 12.1. The van der Waals surface area contributed by atoms with Gasteiger partial charge in [-0.1, -0.05) is 74.5 Å². The molecule has 2 fully saturated rings. The fourth-order valence-corrected chi connectivity index (χ4v) is 5.21. The van der Waals surface area contributed by atoms with Gasteiger partial charge in [-0.2, -0.15) is 0 Å². The van der Waals surface area contributed by atoms with E-state index in [0.29, 0.717) is 5.92 Å². The largest absolute Gasteiger partial charge is 0.342 e. The molecule has 0 saturated carbocycles. The quantitative estimate of drug-likeness (QED) is 0.581. The number of fused-ring (bicyclic) bond motifs is 1. The second kappa shape index (κ2) is 13.3. The Balaban J connectivity index is 0.00000216. The van der Waals surface area contributed by atoms with E-state index in [4.69, 9.17) is 5.73 Å². The maximum Gasteiger partial charge on any atom is 0.245 e. The van der Waals surface area contributed by atoms with E-state index in [0.717, 1.165) is 44.6 Å². The fourth-order valence-electron chi connectivity index (χ4n) is 5.21. The second-order valence-corrected chi connectivity index (χ2v) is 9.78. The van der Waals surface area contributed by atoms with Crippen molar-refractivity contribution in [1.82, 2.24) is 15.1 Å². The van der Waals surface area contributed by atoms with Crippen LogP contribution in [0.4, 0.5) is 0 Å². The summed E-state index contributed by atoms with van der Waals surface area (Å²) in [6.07, 6.45) is 2.15. The van der Waals surface area contributed by atoms with E-state index in [9.17, 15) is 9.59 Å². The third kappa shape index (κ3) is 6.98. The number of halogens is 2. The van der Waals surface area contributed by atoms with Crippen LogP contribution in [0, 0.1) is 11.8 Å². The average Bonchev–Trinajstić information content (AvgIpc) is 3.26. The molecule has 4 atom stereocenters. The molecule has 3 N–H and O–H groups in total. The van der Waals surface area contributed by atoms with Gasteiger partial charge in [-0.25, -0.2) is 0 Å². The number of piperidine rings is 1. The number of hydrogen-bond acceptors (Lipinski definition) is 4. The number of nitrogens with two attached hydrogens (primary N) is 1. The van der Waals surface area contributed by atoms with Crippen molar-refractivity contribution >= 4 is 36.6 Å². The lowest BCUT2D eigenvalue weighted by molar-refractivity contribution is -0.139. The Labute approximate surface area is 221 Å². The number of hydrogen-bond donors (Lipinski definition) is 2. The fraction of sp³-hybridized carbons (Fsp3) is 0.481. The van der Waals surface area contributed by atoms with Gasteiger partial charge in [-0.05, 0) is 42.3 Å². The zero-order valence-corrected chi connectivity index (χ0v) is 22.1. The molecular weight excluding hydrogens is 483 g/mol. The van der Waals surface area contributed by atoms with Crippen LogP contribution in [0.25, 0.3) is 0 Å². The molecule has 2 aromatic carbocycles. The number of rotatable bonds is 7. The number of likely N-dealkylation sites (tertiary alicyclic amines) is 2. The topological polar surface area (TPSA) is 78.7 Å².